The Morgan fingerprint density at radius 3 is 2.40 bits per heavy atom. The second-order valence-corrected chi connectivity index (χ2v) is 7.96. The van der Waals surface area contributed by atoms with Crippen LogP contribution in [-0.4, -0.2) is 29.4 Å². The number of halogens is 2. The number of fused-ring (bicyclic) bond motifs is 1. The molecule has 0 saturated carbocycles. The van der Waals surface area contributed by atoms with Crippen LogP contribution in [0.25, 0.3) is 22.0 Å². The largest absolute Gasteiger partial charge is 0.481 e. The molecular formula is C23H23Cl2NO4. The molecule has 1 aromatic heterocycles. The van der Waals surface area contributed by atoms with Gasteiger partial charge in [-0.2, -0.15) is 0 Å². The highest BCUT2D eigenvalue weighted by Gasteiger charge is 2.29. The van der Waals surface area contributed by atoms with Gasteiger partial charge in [0.05, 0.1) is 18.0 Å². The lowest BCUT2D eigenvalue weighted by molar-refractivity contribution is -0.139. The highest BCUT2D eigenvalue weighted by molar-refractivity contribution is 6.31. The maximum atomic E-state index is 13.6. The Morgan fingerprint density at radius 2 is 1.80 bits per heavy atom. The van der Waals surface area contributed by atoms with Crippen molar-refractivity contribution < 1.29 is 14.6 Å². The van der Waals surface area contributed by atoms with Crippen LogP contribution in [0, 0.1) is 0 Å². The predicted octanol–water partition coefficient (Wildman–Crippen LogP) is 5.59. The Hall–Kier alpha value is -2.34. The molecule has 7 heteroatoms. The zero-order valence-electron chi connectivity index (χ0n) is 16.8. The minimum absolute atomic E-state index is 0.262. The summed E-state index contributed by atoms with van der Waals surface area (Å²) >= 11 is 12.4. The SMILES string of the molecule is CCCC(C(=O)O)c1c(-c2ccc(Cl)cc2)c2cc(Cl)ccc2n(CCOC)c1=O. The first-order valence-electron chi connectivity index (χ1n) is 9.72. The monoisotopic (exact) mass is 447 g/mol. The van der Waals surface area contributed by atoms with Crippen molar-refractivity contribution in [2.24, 2.45) is 0 Å². The Bertz CT molecular complexity index is 1120. The van der Waals surface area contributed by atoms with Gasteiger partial charge in [0.25, 0.3) is 5.56 Å². The van der Waals surface area contributed by atoms with Gasteiger partial charge in [0.1, 0.15) is 0 Å². The summed E-state index contributed by atoms with van der Waals surface area (Å²) in [6.07, 6.45) is 0.976. The Kier molecular flexibility index (Phi) is 7.19. The molecule has 1 unspecified atom stereocenters. The lowest BCUT2D eigenvalue weighted by Gasteiger charge is -2.22. The number of rotatable bonds is 8. The lowest BCUT2D eigenvalue weighted by Crippen LogP contribution is -2.31. The standard InChI is InChI=1S/C23H23Cl2NO4/c1-3-4-17(23(28)29)21-20(14-5-7-15(24)8-6-14)18-13-16(25)9-10-19(18)26(22(21)27)11-12-30-2/h5-10,13,17H,3-4,11-12H2,1-2H3,(H,28,29). The smallest absolute Gasteiger partial charge is 0.311 e. The van der Waals surface area contributed by atoms with Gasteiger partial charge in [0.2, 0.25) is 0 Å². The molecule has 0 spiro atoms. The fraction of sp³-hybridized carbons (Fsp3) is 0.304. The van der Waals surface area contributed by atoms with Gasteiger partial charge in [-0.05, 0) is 42.3 Å². The third-order valence-corrected chi connectivity index (χ3v) is 5.63. The minimum atomic E-state index is -1.02. The van der Waals surface area contributed by atoms with Gasteiger partial charge in [-0.25, -0.2) is 0 Å². The van der Waals surface area contributed by atoms with Crippen molar-refractivity contribution in [1.29, 1.82) is 0 Å². The number of hydrogen-bond acceptors (Lipinski definition) is 3. The first-order chi connectivity index (χ1) is 14.4. The van der Waals surface area contributed by atoms with E-state index in [9.17, 15) is 14.7 Å². The normalized spacial score (nSPS) is 12.3. The molecule has 2 aromatic carbocycles. The number of methoxy groups -OCH3 is 1. The summed E-state index contributed by atoms with van der Waals surface area (Å²) in [5.74, 6) is -1.96. The number of carbonyl (C=O) groups is 1. The number of carboxylic acid groups (broad SMARTS) is 1. The lowest BCUT2D eigenvalue weighted by atomic mass is 9.86. The molecule has 158 valence electrons. The predicted molar refractivity (Wildman–Crippen MR) is 121 cm³/mol. The van der Waals surface area contributed by atoms with Crippen LogP contribution >= 0.6 is 23.2 Å². The maximum Gasteiger partial charge on any atom is 0.311 e. The maximum absolute atomic E-state index is 13.6. The molecule has 3 rings (SSSR count). The van der Waals surface area contributed by atoms with Gasteiger partial charge >= 0.3 is 5.97 Å². The van der Waals surface area contributed by atoms with Crippen LogP contribution in [0.15, 0.2) is 47.3 Å². The molecule has 0 radical (unpaired) electrons. The van der Waals surface area contributed by atoms with E-state index in [1.165, 1.54) is 0 Å². The van der Waals surface area contributed by atoms with Crippen LogP contribution in [0.4, 0.5) is 0 Å². The van der Waals surface area contributed by atoms with Crippen molar-refractivity contribution in [1.82, 2.24) is 4.57 Å². The highest BCUT2D eigenvalue weighted by Crippen LogP contribution is 2.37. The fourth-order valence-electron chi connectivity index (χ4n) is 3.79. The summed E-state index contributed by atoms with van der Waals surface area (Å²) in [5.41, 5.74) is 1.92. The summed E-state index contributed by atoms with van der Waals surface area (Å²) < 4.78 is 6.76. The Morgan fingerprint density at radius 1 is 1.13 bits per heavy atom. The molecule has 5 nitrogen and oxygen atoms in total. The van der Waals surface area contributed by atoms with Gasteiger partial charge in [-0.15, -0.1) is 0 Å². The van der Waals surface area contributed by atoms with Gasteiger partial charge in [-0.3, -0.25) is 9.59 Å². The fourth-order valence-corrected chi connectivity index (χ4v) is 4.08. The molecule has 0 fully saturated rings. The quantitative estimate of drug-likeness (QED) is 0.488. The molecule has 0 aliphatic carbocycles. The number of benzene rings is 2. The summed E-state index contributed by atoms with van der Waals surface area (Å²) in [4.78, 5) is 25.8. The number of hydrogen-bond donors (Lipinski definition) is 1. The van der Waals surface area contributed by atoms with E-state index >= 15 is 0 Å². The van der Waals surface area contributed by atoms with Crippen LogP contribution in [0.5, 0.6) is 0 Å². The molecule has 3 aromatic rings. The number of aromatic nitrogens is 1. The molecule has 0 bridgehead atoms. The van der Waals surface area contributed by atoms with Crippen LogP contribution in [0.2, 0.25) is 10.0 Å². The first-order valence-corrected chi connectivity index (χ1v) is 10.5. The van der Waals surface area contributed by atoms with Crippen molar-refractivity contribution in [2.75, 3.05) is 13.7 Å². The average Bonchev–Trinajstić information content (AvgIpc) is 2.72. The summed E-state index contributed by atoms with van der Waals surface area (Å²) in [5, 5.41) is 11.7. The molecule has 0 aliphatic heterocycles. The third kappa shape index (κ3) is 4.38. The van der Waals surface area contributed by atoms with Crippen molar-refractivity contribution in [2.45, 2.75) is 32.2 Å². The number of aliphatic carboxylic acids is 1. The molecular weight excluding hydrogens is 425 g/mol. The molecule has 0 saturated heterocycles. The van der Waals surface area contributed by atoms with E-state index in [4.69, 9.17) is 27.9 Å². The summed E-state index contributed by atoms with van der Waals surface area (Å²) in [6, 6.07) is 12.3. The molecule has 30 heavy (non-hydrogen) atoms. The van der Waals surface area contributed by atoms with Gasteiger partial charge < -0.3 is 14.4 Å². The second-order valence-electron chi connectivity index (χ2n) is 7.09. The van der Waals surface area contributed by atoms with Crippen molar-refractivity contribution in [3.05, 3.63) is 68.4 Å². The van der Waals surface area contributed by atoms with Gasteiger partial charge in [0, 0.05) is 40.2 Å². The average molecular weight is 448 g/mol. The molecule has 1 N–H and O–H groups in total. The van der Waals surface area contributed by atoms with E-state index in [-0.39, 0.29) is 11.1 Å². The van der Waals surface area contributed by atoms with Crippen molar-refractivity contribution >= 4 is 40.1 Å². The van der Waals surface area contributed by atoms with E-state index in [0.29, 0.717) is 47.1 Å². The van der Waals surface area contributed by atoms with Gasteiger partial charge in [0.15, 0.2) is 0 Å². The topological polar surface area (TPSA) is 68.5 Å². The zero-order chi connectivity index (χ0) is 21.8. The molecule has 1 atom stereocenters. The molecule has 1 heterocycles. The minimum Gasteiger partial charge on any atom is -0.481 e. The summed E-state index contributed by atoms with van der Waals surface area (Å²) in [6.45, 7) is 2.53. The number of ether oxygens (including phenoxy) is 1. The third-order valence-electron chi connectivity index (χ3n) is 5.14. The Labute approximate surface area is 184 Å². The number of pyridine rings is 1. The van der Waals surface area contributed by atoms with E-state index in [1.54, 1.807) is 54.1 Å². The molecule has 0 aliphatic rings. The highest BCUT2D eigenvalue weighted by atomic mass is 35.5. The number of carboxylic acids is 1. The van der Waals surface area contributed by atoms with Crippen molar-refractivity contribution in [3.8, 4) is 11.1 Å². The van der Waals surface area contributed by atoms with E-state index in [0.717, 1.165) is 10.9 Å². The van der Waals surface area contributed by atoms with E-state index in [1.807, 2.05) is 6.92 Å². The van der Waals surface area contributed by atoms with E-state index in [2.05, 4.69) is 0 Å². The second kappa shape index (κ2) is 9.65. The van der Waals surface area contributed by atoms with E-state index < -0.39 is 11.9 Å². The van der Waals surface area contributed by atoms with Crippen LogP contribution < -0.4 is 5.56 Å². The van der Waals surface area contributed by atoms with Crippen LogP contribution in [0.3, 0.4) is 0 Å². The first kappa shape index (κ1) is 22.3. The van der Waals surface area contributed by atoms with Crippen molar-refractivity contribution in [3.63, 3.8) is 0 Å². The molecule has 0 amide bonds. The van der Waals surface area contributed by atoms with Gasteiger partial charge in [-0.1, -0.05) is 48.7 Å². The summed E-state index contributed by atoms with van der Waals surface area (Å²) in [7, 11) is 1.56. The Balaban J connectivity index is 2.49. The zero-order valence-corrected chi connectivity index (χ0v) is 18.3. The van der Waals surface area contributed by atoms with Crippen LogP contribution in [0.1, 0.15) is 31.2 Å². The van der Waals surface area contributed by atoms with Crippen LogP contribution in [-0.2, 0) is 16.1 Å². The number of nitrogens with zero attached hydrogens (tertiary/aromatic N) is 1.